The summed E-state index contributed by atoms with van der Waals surface area (Å²) in [6.07, 6.45) is 5.20. The van der Waals surface area contributed by atoms with Gasteiger partial charge in [0.2, 0.25) is 17.8 Å². The van der Waals surface area contributed by atoms with E-state index in [4.69, 9.17) is 14.8 Å². The van der Waals surface area contributed by atoms with Crippen molar-refractivity contribution in [1.82, 2.24) is 19.7 Å². The topological polar surface area (TPSA) is 71.3 Å². The van der Waals surface area contributed by atoms with E-state index < -0.39 is 0 Å². The van der Waals surface area contributed by atoms with Gasteiger partial charge in [-0.05, 0) is 61.4 Å². The number of nitrogens with zero attached hydrogens (tertiary/aromatic N) is 6. The van der Waals surface area contributed by atoms with E-state index in [1.807, 2.05) is 16.9 Å². The molecule has 2 aliphatic heterocycles. The van der Waals surface area contributed by atoms with Crippen molar-refractivity contribution in [3.63, 3.8) is 0 Å². The number of aromatic nitrogens is 4. The second kappa shape index (κ2) is 8.20. The second-order valence-corrected chi connectivity index (χ2v) is 9.17. The molecule has 1 saturated carbocycles. The Hall–Kier alpha value is -3.36. The Labute approximate surface area is 192 Å². The molecule has 0 amide bonds. The van der Waals surface area contributed by atoms with Crippen LogP contribution >= 0.6 is 0 Å². The van der Waals surface area contributed by atoms with Crippen molar-refractivity contribution in [3.8, 4) is 5.88 Å². The fourth-order valence-electron chi connectivity index (χ4n) is 5.61. The molecule has 1 saturated heterocycles. The Kier molecular flexibility index (Phi) is 5.04. The molecule has 9 heteroatoms. The quantitative estimate of drug-likeness (QED) is 0.637. The molecule has 172 valence electrons. The lowest BCUT2D eigenvalue weighted by atomic mass is 9.92. The molecule has 0 unspecified atom stereocenters. The van der Waals surface area contributed by atoms with E-state index in [0.717, 1.165) is 44.2 Å². The SMILES string of the molecule is COc1cc(N2C[C@H]3CC[C@@H](C2)[C@H]3Nc2nc3n(n2)CCCN3c2ccc(F)cc2)ccn1. The highest BCUT2D eigenvalue weighted by Crippen LogP contribution is 2.40. The monoisotopic (exact) mass is 449 g/mol. The van der Waals surface area contributed by atoms with Crippen LogP contribution in [-0.4, -0.2) is 52.5 Å². The molecule has 0 spiro atoms. The van der Waals surface area contributed by atoms with Crippen LogP contribution in [0.4, 0.5) is 27.7 Å². The number of pyridine rings is 1. The summed E-state index contributed by atoms with van der Waals surface area (Å²) in [7, 11) is 1.65. The first-order valence-electron chi connectivity index (χ1n) is 11.7. The van der Waals surface area contributed by atoms with Crippen LogP contribution in [0, 0.1) is 17.7 Å². The van der Waals surface area contributed by atoms with Gasteiger partial charge in [-0.1, -0.05) is 0 Å². The Morgan fingerprint density at radius 1 is 1.03 bits per heavy atom. The summed E-state index contributed by atoms with van der Waals surface area (Å²) in [6.45, 7) is 3.69. The standard InChI is InChI=1S/C24H28FN7O/c1-33-21-13-20(9-10-26-21)30-14-16-3-4-17(15-30)22(16)27-23-28-24-31(11-2-12-32(24)29-23)19-7-5-18(25)6-8-19/h5-10,13,16-17,22H,2-4,11-12,14-15H2,1H3,(H,27,29)/t16-,17+,22+. The minimum atomic E-state index is -0.230. The van der Waals surface area contributed by atoms with E-state index in [1.54, 1.807) is 19.2 Å². The summed E-state index contributed by atoms with van der Waals surface area (Å²) in [5.74, 6) is 3.02. The molecule has 3 aromatic rings. The lowest BCUT2D eigenvalue weighted by Crippen LogP contribution is -2.48. The minimum absolute atomic E-state index is 0.230. The van der Waals surface area contributed by atoms with Crippen molar-refractivity contribution in [2.24, 2.45) is 11.8 Å². The lowest BCUT2D eigenvalue weighted by molar-refractivity contribution is 0.374. The molecule has 33 heavy (non-hydrogen) atoms. The molecule has 4 heterocycles. The number of fused-ring (bicyclic) bond motifs is 3. The highest BCUT2D eigenvalue weighted by molar-refractivity contribution is 5.59. The average molecular weight is 450 g/mol. The Balaban J connectivity index is 1.19. The number of anilines is 4. The van der Waals surface area contributed by atoms with Crippen LogP contribution < -0.4 is 19.9 Å². The van der Waals surface area contributed by atoms with Crippen LogP contribution in [0.2, 0.25) is 0 Å². The summed E-state index contributed by atoms with van der Waals surface area (Å²) in [6, 6.07) is 11.0. The third kappa shape index (κ3) is 3.75. The van der Waals surface area contributed by atoms with Gasteiger partial charge in [-0.3, -0.25) is 0 Å². The van der Waals surface area contributed by atoms with E-state index in [-0.39, 0.29) is 5.82 Å². The molecule has 2 bridgehead atoms. The van der Waals surface area contributed by atoms with Crippen LogP contribution in [0.3, 0.4) is 0 Å². The van der Waals surface area contributed by atoms with Crippen LogP contribution in [0.25, 0.3) is 0 Å². The molecule has 3 atom stereocenters. The lowest BCUT2D eigenvalue weighted by Gasteiger charge is -2.39. The van der Waals surface area contributed by atoms with Gasteiger partial charge in [0, 0.05) is 55.9 Å². The number of ether oxygens (including phenoxy) is 1. The fourth-order valence-corrected chi connectivity index (χ4v) is 5.61. The molecule has 0 radical (unpaired) electrons. The first-order chi connectivity index (χ1) is 16.2. The molecule has 2 aromatic heterocycles. The third-order valence-electron chi connectivity index (χ3n) is 7.21. The number of rotatable bonds is 5. The minimum Gasteiger partial charge on any atom is -0.481 e. The highest BCUT2D eigenvalue weighted by Gasteiger charge is 2.43. The van der Waals surface area contributed by atoms with Crippen molar-refractivity contribution in [2.75, 3.05) is 41.9 Å². The van der Waals surface area contributed by atoms with Gasteiger partial charge in [0.15, 0.2) is 0 Å². The molecule has 6 rings (SSSR count). The van der Waals surface area contributed by atoms with E-state index in [1.165, 1.54) is 30.7 Å². The van der Waals surface area contributed by atoms with Crippen LogP contribution in [0.1, 0.15) is 19.3 Å². The van der Waals surface area contributed by atoms with Crippen molar-refractivity contribution < 1.29 is 9.13 Å². The fraction of sp³-hybridized carbons (Fsp3) is 0.458. The second-order valence-electron chi connectivity index (χ2n) is 9.17. The van der Waals surface area contributed by atoms with Gasteiger partial charge in [0.05, 0.1) is 7.11 Å². The molecule has 1 N–H and O–H groups in total. The summed E-state index contributed by atoms with van der Waals surface area (Å²) < 4.78 is 20.7. The normalized spacial score (nSPS) is 24.0. The van der Waals surface area contributed by atoms with Gasteiger partial charge in [0.25, 0.3) is 0 Å². The maximum atomic E-state index is 13.4. The van der Waals surface area contributed by atoms with Gasteiger partial charge in [-0.2, -0.15) is 4.98 Å². The van der Waals surface area contributed by atoms with Gasteiger partial charge < -0.3 is 19.9 Å². The van der Waals surface area contributed by atoms with Crippen LogP contribution in [0.5, 0.6) is 5.88 Å². The maximum Gasteiger partial charge on any atom is 0.244 e. The Morgan fingerprint density at radius 3 is 2.58 bits per heavy atom. The first kappa shape index (κ1) is 20.3. The number of methoxy groups -OCH3 is 1. The molecule has 3 aliphatic rings. The number of nitrogens with one attached hydrogen (secondary N) is 1. The first-order valence-corrected chi connectivity index (χ1v) is 11.7. The van der Waals surface area contributed by atoms with E-state index in [2.05, 4.69) is 26.2 Å². The summed E-state index contributed by atoms with van der Waals surface area (Å²) >= 11 is 0. The molecule has 1 aliphatic carbocycles. The van der Waals surface area contributed by atoms with Crippen molar-refractivity contribution in [1.29, 1.82) is 0 Å². The third-order valence-corrected chi connectivity index (χ3v) is 7.21. The molecule has 8 nitrogen and oxygen atoms in total. The summed E-state index contributed by atoms with van der Waals surface area (Å²) in [5.41, 5.74) is 2.11. The number of halogens is 1. The van der Waals surface area contributed by atoms with E-state index in [9.17, 15) is 4.39 Å². The number of hydrogen-bond acceptors (Lipinski definition) is 7. The largest absolute Gasteiger partial charge is 0.481 e. The Morgan fingerprint density at radius 2 is 1.82 bits per heavy atom. The van der Waals surface area contributed by atoms with Crippen molar-refractivity contribution in [3.05, 3.63) is 48.4 Å². The van der Waals surface area contributed by atoms with Crippen molar-refractivity contribution >= 4 is 23.3 Å². The zero-order valence-corrected chi connectivity index (χ0v) is 18.7. The maximum absolute atomic E-state index is 13.4. The number of piperidine rings is 1. The molecule has 2 fully saturated rings. The molecular formula is C24H28FN7O. The molecule has 1 aromatic carbocycles. The summed E-state index contributed by atoms with van der Waals surface area (Å²) in [4.78, 5) is 13.7. The van der Waals surface area contributed by atoms with Gasteiger partial charge in [0.1, 0.15) is 5.82 Å². The smallest absolute Gasteiger partial charge is 0.244 e. The van der Waals surface area contributed by atoms with Gasteiger partial charge in [-0.15, -0.1) is 5.10 Å². The predicted molar refractivity (Wildman–Crippen MR) is 125 cm³/mol. The molecular weight excluding hydrogens is 421 g/mol. The number of benzene rings is 1. The predicted octanol–water partition coefficient (Wildman–Crippen LogP) is 3.69. The van der Waals surface area contributed by atoms with E-state index in [0.29, 0.717) is 29.7 Å². The Bertz CT molecular complexity index is 1120. The van der Waals surface area contributed by atoms with Crippen LogP contribution in [-0.2, 0) is 6.54 Å². The number of aryl methyl sites for hydroxylation is 1. The number of hydrogen-bond donors (Lipinski definition) is 1. The average Bonchev–Trinajstić information content (AvgIpc) is 3.35. The highest BCUT2D eigenvalue weighted by atomic mass is 19.1. The van der Waals surface area contributed by atoms with E-state index >= 15 is 0 Å². The van der Waals surface area contributed by atoms with Gasteiger partial charge >= 0.3 is 0 Å². The zero-order chi connectivity index (χ0) is 22.4. The van der Waals surface area contributed by atoms with Crippen molar-refractivity contribution in [2.45, 2.75) is 31.8 Å². The zero-order valence-electron chi connectivity index (χ0n) is 18.7. The summed E-state index contributed by atoms with van der Waals surface area (Å²) in [5, 5.41) is 8.46. The van der Waals surface area contributed by atoms with Gasteiger partial charge in [-0.25, -0.2) is 14.1 Å². The van der Waals surface area contributed by atoms with Crippen LogP contribution in [0.15, 0.2) is 42.6 Å².